The Kier molecular flexibility index (Phi) is 6.35. The first kappa shape index (κ1) is 15.5. The lowest BCUT2D eigenvalue weighted by molar-refractivity contribution is 0.187. The number of nitrogens with zero attached hydrogens (tertiary/aromatic N) is 3. The van der Waals surface area contributed by atoms with Crippen LogP contribution in [0.1, 0.15) is 32.4 Å². The largest absolute Gasteiger partial charge is 0.395 e. The first-order valence-corrected chi connectivity index (χ1v) is 6.82. The summed E-state index contributed by atoms with van der Waals surface area (Å²) in [6.07, 6.45) is 2.78. The molecule has 1 aromatic heterocycles. The fourth-order valence-corrected chi connectivity index (χ4v) is 1.79. The normalized spacial score (nSPS) is 10.5. The molecule has 0 aliphatic heterocycles. The number of nitrogens with one attached hydrogen (secondary N) is 1. The lowest BCUT2D eigenvalue weighted by Gasteiger charge is -2.21. The zero-order valence-electron chi connectivity index (χ0n) is 12.0. The minimum absolute atomic E-state index is 0.0251. The number of carbonyl (C=O) groups excluding carboxylic acids is 1. The molecule has 2 amide bonds. The number of hydrogen-bond acceptors (Lipinski definition) is 3. The average Bonchev–Trinajstić information content (AvgIpc) is 2.75. The van der Waals surface area contributed by atoms with Crippen LogP contribution in [0.4, 0.5) is 10.6 Å². The Morgan fingerprint density at radius 1 is 1.47 bits per heavy atom. The zero-order chi connectivity index (χ0) is 14.3. The van der Waals surface area contributed by atoms with Gasteiger partial charge in [-0.1, -0.05) is 20.3 Å². The van der Waals surface area contributed by atoms with E-state index >= 15 is 0 Å². The number of anilines is 1. The molecule has 0 aromatic carbocycles. The van der Waals surface area contributed by atoms with E-state index in [-0.39, 0.29) is 12.6 Å². The van der Waals surface area contributed by atoms with E-state index in [4.69, 9.17) is 5.11 Å². The second-order valence-corrected chi connectivity index (χ2v) is 4.49. The van der Waals surface area contributed by atoms with Gasteiger partial charge in [-0.25, -0.2) is 4.79 Å². The molecule has 1 heterocycles. The molecule has 0 unspecified atom stereocenters. The quantitative estimate of drug-likeness (QED) is 0.789. The maximum Gasteiger partial charge on any atom is 0.323 e. The minimum atomic E-state index is -0.187. The van der Waals surface area contributed by atoms with Gasteiger partial charge >= 0.3 is 6.03 Å². The fourth-order valence-electron chi connectivity index (χ4n) is 1.79. The predicted molar refractivity (Wildman–Crippen MR) is 75.2 cm³/mol. The number of aliphatic hydroxyl groups is 1. The van der Waals surface area contributed by atoms with Crippen LogP contribution in [-0.2, 0) is 13.5 Å². The van der Waals surface area contributed by atoms with Crippen LogP contribution in [0.2, 0.25) is 0 Å². The first-order chi connectivity index (χ1) is 9.12. The highest BCUT2D eigenvalue weighted by Crippen LogP contribution is 2.10. The number of aliphatic hydroxyl groups excluding tert-OH is 1. The highest BCUT2D eigenvalue weighted by molar-refractivity contribution is 5.88. The van der Waals surface area contributed by atoms with Crippen molar-refractivity contribution in [3.05, 3.63) is 11.8 Å². The maximum atomic E-state index is 12.1. The van der Waals surface area contributed by atoms with Crippen LogP contribution in [0.25, 0.3) is 0 Å². The van der Waals surface area contributed by atoms with Gasteiger partial charge in [0.2, 0.25) is 0 Å². The zero-order valence-corrected chi connectivity index (χ0v) is 12.0. The maximum absolute atomic E-state index is 12.1. The Hall–Kier alpha value is -1.56. The van der Waals surface area contributed by atoms with Crippen molar-refractivity contribution in [1.29, 1.82) is 0 Å². The number of rotatable bonds is 7. The standard InChI is InChI=1S/C13H24N4O2/c1-4-6-7-17(8-9-18)13(19)14-12-10-11(5-2)15-16(12)3/h10,18H,4-9H2,1-3H3,(H,14,19). The molecule has 0 fully saturated rings. The second-order valence-electron chi connectivity index (χ2n) is 4.49. The molecule has 0 aliphatic rings. The van der Waals surface area contributed by atoms with E-state index in [2.05, 4.69) is 17.3 Å². The third-order valence-corrected chi connectivity index (χ3v) is 2.97. The van der Waals surface area contributed by atoms with E-state index in [1.807, 2.05) is 13.0 Å². The highest BCUT2D eigenvalue weighted by Gasteiger charge is 2.14. The van der Waals surface area contributed by atoms with E-state index in [0.29, 0.717) is 18.9 Å². The highest BCUT2D eigenvalue weighted by atomic mass is 16.3. The van der Waals surface area contributed by atoms with E-state index in [0.717, 1.165) is 25.0 Å². The van der Waals surface area contributed by atoms with Crippen molar-refractivity contribution < 1.29 is 9.90 Å². The summed E-state index contributed by atoms with van der Waals surface area (Å²) in [6.45, 7) is 5.07. The summed E-state index contributed by atoms with van der Waals surface area (Å²) in [6, 6.07) is 1.68. The van der Waals surface area contributed by atoms with Crippen LogP contribution in [0.5, 0.6) is 0 Å². The summed E-state index contributed by atoms with van der Waals surface area (Å²) in [5, 5.41) is 16.1. The number of hydrogen-bond donors (Lipinski definition) is 2. The first-order valence-electron chi connectivity index (χ1n) is 6.82. The molecule has 108 valence electrons. The molecule has 0 atom stereocenters. The van der Waals surface area contributed by atoms with Crippen LogP contribution >= 0.6 is 0 Å². The number of aryl methyl sites for hydroxylation is 2. The third kappa shape index (κ3) is 4.55. The van der Waals surface area contributed by atoms with E-state index in [1.165, 1.54) is 0 Å². The second kappa shape index (κ2) is 7.78. The van der Waals surface area contributed by atoms with Gasteiger partial charge in [-0.05, 0) is 12.8 Å². The van der Waals surface area contributed by atoms with Crippen LogP contribution in [0.15, 0.2) is 6.07 Å². The van der Waals surface area contributed by atoms with Gasteiger partial charge in [0, 0.05) is 26.2 Å². The molecule has 0 spiro atoms. The van der Waals surface area contributed by atoms with Gasteiger partial charge < -0.3 is 10.0 Å². The molecule has 1 rings (SSSR count). The van der Waals surface area contributed by atoms with Crippen molar-refractivity contribution in [2.75, 3.05) is 25.0 Å². The molecule has 1 aromatic rings. The molecule has 19 heavy (non-hydrogen) atoms. The molecule has 0 saturated heterocycles. The smallest absolute Gasteiger partial charge is 0.323 e. The van der Waals surface area contributed by atoms with E-state index < -0.39 is 0 Å². The minimum Gasteiger partial charge on any atom is -0.395 e. The van der Waals surface area contributed by atoms with Crippen LogP contribution < -0.4 is 5.32 Å². The molecular weight excluding hydrogens is 244 g/mol. The number of aromatic nitrogens is 2. The van der Waals surface area contributed by atoms with Gasteiger partial charge in [-0.2, -0.15) is 5.10 Å². The molecule has 0 radical (unpaired) electrons. The average molecular weight is 268 g/mol. The van der Waals surface area contributed by atoms with Gasteiger partial charge in [0.15, 0.2) is 0 Å². The molecule has 2 N–H and O–H groups in total. The van der Waals surface area contributed by atoms with Crippen LogP contribution in [0, 0.1) is 0 Å². The molecule has 0 aliphatic carbocycles. The van der Waals surface area contributed by atoms with Crippen molar-refractivity contribution >= 4 is 11.8 Å². The van der Waals surface area contributed by atoms with E-state index in [9.17, 15) is 4.79 Å². The van der Waals surface area contributed by atoms with Gasteiger partial charge in [-0.3, -0.25) is 10.00 Å². The van der Waals surface area contributed by atoms with E-state index in [1.54, 1.807) is 16.6 Å². The molecule has 6 heteroatoms. The lowest BCUT2D eigenvalue weighted by Crippen LogP contribution is -2.38. The molecule has 6 nitrogen and oxygen atoms in total. The Labute approximate surface area is 114 Å². The Morgan fingerprint density at radius 3 is 2.74 bits per heavy atom. The molecule has 0 bridgehead atoms. The predicted octanol–water partition coefficient (Wildman–Crippen LogP) is 1.61. The molecular formula is C13H24N4O2. The van der Waals surface area contributed by atoms with Crippen molar-refractivity contribution in [3.63, 3.8) is 0 Å². The Bertz CT molecular complexity index is 403. The summed E-state index contributed by atoms with van der Waals surface area (Å²) in [4.78, 5) is 13.7. The topological polar surface area (TPSA) is 70.4 Å². The van der Waals surface area contributed by atoms with Gasteiger partial charge in [-0.15, -0.1) is 0 Å². The lowest BCUT2D eigenvalue weighted by atomic mass is 10.3. The van der Waals surface area contributed by atoms with Crippen molar-refractivity contribution in [2.45, 2.75) is 33.1 Å². The molecule has 0 saturated carbocycles. The summed E-state index contributed by atoms with van der Waals surface area (Å²) in [5.41, 5.74) is 0.945. The third-order valence-electron chi connectivity index (χ3n) is 2.97. The number of carbonyl (C=O) groups is 1. The number of unbranched alkanes of at least 4 members (excludes halogenated alkanes) is 1. The van der Waals surface area contributed by atoms with Crippen LogP contribution in [0.3, 0.4) is 0 Å². The SMILES string of the molecule is CCCCN(CCO)C(=O)Nc1cc(CC)nn1C. The van der Waals surface area contributed by atoms with Crippen molar-refractivity contribution in [2.24, 2.45) is 7.05 Å². The number of amides is 2. The summed E-state index contributed by atoms with van der Waals surface area (Å²) >= 11 is 0. The Morgan fingerprint density at radius 2 is 2.21 bits per heavy atom. The van der Waals surface area contributed by atoms with Gasteiger partial charge in [0.25, 0.3) is 0 Å². The van der Waals surface area contributed by atoms with Crippen molar-refractivity contribution in [1.82, 2.24) is 14.7 Å². The van der Waals surface area contributed by atoms with Gasteiger partial charge in [0.1, 0.15) is 5.82 Å². The van der Waals surface area contributed by atoms with Gasteiger partial charge in [0.05, 0.1) is 12.3 Å². The number of urea groups is 1. The van der Waals surface area contributed by atoms with Crippen molar-refractivity contribution in [3.8, 4) is 0 Å². The van der Waals surface area contributed by atoms with Crippen LogP contribution in [-0.4, -0.2) is 45.5 Å². The Balaban J connectivity index is 2.66. The summed E-state index contributed by atoms with van der Waals surface area (Å²) in [5.74, 6) is 0.682. The monoisotopic (exact) mass is 268 g/mol. The summed E-state index contributed by atoms with van der Waals surface area (Å²) in [7, 11) is 1.80. The fraction of sp³-hybridized carbons (Fsp3) is 0.692. The summed E-state index contributed by atoms with van der Waals surface area (Å²) < 4.78 is 1.66.